The van der Waals surface area contributed by atoms with E-state index in [1.165, 1.54) is 0 Å². The molecule has 0 aliphatic heterocycles. The van der Waals surface area contributed by atoms with Gasteiger partial charge in [-0.2, -0.15) is 0 Å². The number of hydrogen-bond donors (Lipinski definition) is 3. The van der Waals surface area contributed by atoms with Gasteiger partial charge in [0.25, 0.3) is 5.91 Å². The molecule has 0 fully saturated rings. The van der Waals surface area contributed by atoms with E-state index in [0.717, 1.165) is 12.1 Å². The summed E-state index contributed by atoms with van der Waals surface area (Å²) in [4.78, 5) is 15.7. The Morgan fingerprint density at radius 3 is 2.83 bits per heavy atom. The fraction of sp³-hybridized carbons (Fsp3) is 0.538. The van der Waals surface area contributed by atoms with Gasteiger partial charge in [0, 0.05) is 30.5 Å². The number of carbonyl (C=O) groups excluding carboxylic acids is 1. The van der Waals surface area contributed by atoms with Crippen LogP contribution < -0.4 is 16.4 Å². The quantitative estimate of drug-likeness (QED) is 0.712. The predicted octanol–water partition coefficient (Wildman–Crippen LogP) is 1.37. The summed E-state index contributed by atoms with van der Waals surface area (Å²) >= 11 is 0. The fourth-order valence-electron chi connectivity index (χ4n) is 1.80. The van der Waals surface area contributed by atoms with Crippen LogP contribution in [-0.4, -0.2) is 29.5 Å². The van der Waals surface area contributed by atoms with E-state index in [0.29, 0.717) is 12.2 Å². The maximum absolute atomic E-state index is 11.6. The van der Waals surface area contributed by atoms with Crippen LogP contribution in [0.5, 0.6) is 0 Å². The van der Waals surface area contributed by atoms with Crippen molar-refractivity contribution in [1.82, 2.24) is 10.3 Å². The summed E-state index contributed by atoms with van der Waals surface area (Å²) in [6, 6.07) is 4.01. The van der Waals surface area contributed by atoms with Crippen LogP contribution in [-0.2, 0) is 0 Å². The number of carbonyl (C=O) groups is 1. The zero-order chi connectivity index (χ0) is 13.5. The molecule has 1 aromatic rings. The summed E-state index contributed by atoms with van der Waals surface area (Å²) in [5.41, 5.74) is 7.06. The second-order valence-corrected chi connectivity index (χ2v) is 4.55. The number of amides is 1. The number of hydrogen-bond acceptors (Lipinski definition) is 4. The summed E-state index contributed by atoms with van der Waals surface area (Å²) in [6.45, 7) is 6.52. The van der Waals surface area contributed by atoms with E-state index in [1.807, 2.05) is 19.9 Å². The first-order valence-electron chi connectivity index (χ1n) is 6.29. The van der Waals surface area contributed by atoms with Gasteiger partial charge in [0.15, 0.2) is 0 Å². The van der Waals surface area contributed by atoms with Crippen molar-refractivity contribution in [2.75, 3.05) is 11.9 Å². The van der Waals surface area contributed by atoms with Gasteiger partial charge in [-0.1, -0.05) is 0 Å². The average Bonchev–Trinajstić information content (AvgIpc) is 2.28. The van der Waals surface area contributed by atoms with E-state index in [1.54, 1.807) is 12.3 Å². The van der Waals surface area contributed by atoms with Crippen LogP contribution in [0.15, 0.2) is 18.3 Å². The standard InChI is InChI=1S/C13H22N4O/c1-4-15-13(18)12-8-11(5-6-16-12)17-10(3)7-9(2)14/h5-6,8-10H,4,7,14H2,1-3H3,(H,15,18)(H,16,17). The molecule has 0 aliphatic carbocycles. The smallest absolute Gasteiger partial charge is 0.269 e. The minimum atomic E-state index is -0.152. The Bertz CT molecular complexity index is 392. The molecule has 5 heteroatoms. The highest BCUT2D eigenvalue weighted by atomic mass is 16.1. The normalized spacial score (nSPS) is 13.8. The highest BCUT2D eigenvalue weighted by Gasteiger charge is 2.09. The van der Waals surface area contributed by atoms with Crippen molar-refractivity contribution in [3.63, 3.8) is 0 Å². The average molecular weight is 250 g/mol. The van der Waals surface area contributed by atoms with Gasteiger partial charge in [0.05, 0.1) is 0 Å². The van der Waals surface area contributed by atoms with E-state index in [2.05, 4.69) is 22.5 Å². The van der Waals surface area contributed by atoms with Gasteiger partial charge in [-0.25, -0.2) is 0 Å². The topological polar surface area (TPSA) is 80.0 Å². The number of nitrogens with two attached hydrogens (primary N) is 1. The molecule has 100 valence electrons. The monoisotopic (exact) mass is 250 g/mol. The lowest BCUT2D eigenvalue weighted by Gasteiger charge is -2.17. The molecular formula is C13H22N4O. The van der Waals surface area contributed by atoms with Crippen LogP contribution in [0.2, 0.25) is 0 Å². The molecule has 0 aliphatic rings. The molecule has 2 unspecified atom stereocenters. The van der Waals surface area contributed by atoms with E-state index in [9.17, 15) is 4.79 Å². The Labute approximate surface area is 108 Å². The van der Waals surface area contributed by atoms with Crippen molar-refractivity contribution >= 4 is 11.6 Å². The second-order valence-electron chi connectivity index (χ2n) is 4.55. The van der Waals surface area contributed by atoms with Gasteiger partial charge < -0.3 is 16.4 Å². The van der Waals surface area contributed by atoms with Crippen LogP contribution in [0, 0.1) is 0 Å². The van der Waals surface area contributed by atoms with Crippen molar-refractivity contribution in [2.45, 2.75) is 39.3 Å². The number of anilines is 1. The lowest BCUT2D eigenvalue weighted by atomic mass is 10.1. The Kier molecular flexibility index (Phi) is 5.58. The van der Waals surface area contributed by atoms with Crippen LogP contribution in [0.3, 0.4) is 0 Å². The summed E-state index contributed by atoms with van der Waals surface area (Å²) < 4.78 is 0. The van der Waals surface area contributed by atoms with Gasteiger partial charge in [0.1, 0.15) is 5.69 Å². The molecule has 4 N–H and O–H groups in total. The van der Waals surface area contributed by atoms with Gasteiger partial charge in [0.2, 0.25) is 0 Å². The molecular weight excluding hydrogens is 228 g/mol. The SMILES string of the molecule is CCNC(=O)c1cc(NC(C)CC(C)N)ccn1. The number of pyridine rings is 1. The van der Waals surface area contributed by atoms with Crippen molar-refractivity contribution in [3.8, 4) is 0 Å². The summed E-state index contributed by atoms with van der Waals surface area (Å²) in [6.07, 6.45) is 2.50. The van der Waals surface area contributed by atoms with Crippen molar-refractivity contribution in [3.05, 3.63) is 24.0 Å². The number of nitrogens with one attached hydrogen (secondary N) is 2. The van der Waals surface area contributed by atoms with E-state index < -0.39 is 0 Å². The highest BCUT2D eigenvalue weighted by Crippen LogP contribution is 2.11. The summed E-state index contributed by atoms with van der Waals surface area (Å²) in [5, 5.41) is 6.04. The zero-order valence-corrected chi connectivity index (χ0v) is 11.2. The van der Waals surface area contributed by atoms with Gasteiger partial charge in [-0.3, -0.25) is 9.78 Å². The van der Waals surface area contributed by atoms with E-state index in [4.69, 9.17) is 5.73 Å². The second kappa shape index (κ2) is 6.96. The minimum Gasteiger partial charge on any atom is -0.382 e. The molecule has 1 aromatic heterocycles. The first-order chi connectivity index (χ1) is 8.52. The molecule has 2 atom stereocenters. The summed E-state index contributed by atoms with van der Waals surface area (Å²) in [5.74, 6) is -0.152. The number of rotatable bonds is 6. The van der Waals surface area contributed by atoms with Crippen LogP contribution in [0.25, 0.3) is 0 Å². The van der Waals surface area contributed by atoms with E-state index in [-0.39, 0.29) is 18.0 Å². The number of nitrogens with zero attached hydrogens (tertiary/aromatic N) is 1. The molecule has 0 radical (unpaired) electrons. The molecule has 0 spiro atoms. The van der Waals surface area contributed by atoms with Crippen molar-refractivity contribution in [1.29, 1.82) is 0 Å². The Balaban J connectivity index is 2.67. The van der Waals surface area contributed by atoms with Gasteiger partial charge >= 0.3 is 0 Å². The van der Waals surface area contributed by atoms with Crippen molar-refractivity contribution < 1.29 is 4.79 Å². The zero-order valence-electron chi connectivity index (χ0n) is 11.2. The highest BCUT2D eigenvalue weighted by molar-refractivity contribution is 5.93. The Morgan fingerprint density at radius 2 is 2.22 bits per heavy atom. The minimum absolute atomic E-state index is 0.150. The molecule has 0 saturated carbocycles. The fourth-order valence-corrected chi connectivity index (χ4v) is 1.80. The van der Waals surface area contributed by atoms with Crippen LogP contribution in [0.4, 0.5) is 5.69 Å². The maximum Gasteiger partial charge on any atom is 0.269 e. The molecule has 0 bridgehead atoms. The van der Waals surface area contributed by atoms with Crippen LogP contribution >= 0.6 is 0 Å². The molecule has 0 aromatic carbocycles. The first kappa shape index (κ1) is 14.4. The van der Waals surface area contributed by atoms with Crippen LogP contribution in [0.1, 0.15) is 37.7 Å². The Morgan fingerprint density at radius 1 is 1.50 bits per heavy atom. The largest absolute Gasteiger partial charge is 0.382 e. The third-order valence-corrected chi connectivity index (χ3v) is 2.47. The summed E-state index contributed by atoms with van der Waals surface area (Å²) in [7, 11) is 0. The molecule has 1 amide bonds. The molecule has 18 heavy (non-hydrogen) atoms. The molecule has 5 nitrogen and oxygen atoms in total. The third-order valence-electron chi connectivity index (χ3n) is 2.47. The van der Waals surface area contributed by atoms with Gasteiger partial charge in [-0.15, -0.1) is 0 Å². The Hall–Kier alpha value is -1.62. The van der Waals surface area contributed by atoms with Crippen molar-refractivity contribution in [2.24, 2.45) is 5.73 Å². The predicted molar refractivity (Wildman–Crippen MR) is 73.6 cm³/mol. The lowest BCUT2D eigenvalue weighted by molar-refractivity contribution is 0.0951. The first-order valence-corrected chi connectivity index (χ1v) is 6.29. The molecule has 0 saturated heterocycles. The lowest BCUT2D eigenvalue weighted by Crippen LogP contribution is -2.27. The molecule has 1 rings (SSSR count). The number of aromatic nitrogens is 1. The van der Waals surface area contributed by atoms with Gasteiger partial charge in [-0.05, 0) is 39.3 Å². The maximum atomic E-state index is 11.6. The third kappa shape index (κ3) is 4.71. The molecule has 1 heterocycles. The van der Waals surface area contributed by atoms with E-state index >= 15 is 0 Å².